The Balaban J connectivity index is 1.51. The van der Waals surface area contributed by atoms with Gasteiger partial charge in [-0.3, -0.25) is 4.79 Å². The molecule has 0 fully saturated rings. The van der Waals surface area contributed by atoms with Crippen LogP contribution in [0.2, 0.25) is 5.02 Å². The van der Waals surface area contributed by atoms with Crippen molar-refractivity contribution in [2.45, 2.75) is 20.0 Å². The number of benzene rings is 3. The first kappa shape index (κ1) is 22.1. The molecule has 0 saturated carbocycles. The minimum atomic E-state index is -0.751. The Kier molecular flexibility index (Phi) is 7.40. The Hall–Kier alpha value is -3.64. The molecule has 3 aromatic rings. The number of ether oxygens (including phenoxy) is 2. The maximum absolute atomic E-state index is 12.2. The van der Waals surface area contributed by atoms with Gasteiger partial charge in [-0.15, -0.1) is 0 Å². The van der Waals surface area contributed by atoms with E-state index in [-0.39, 0.29) is 0 Å². The van der Waals surface area contributed by atoms with E-state index in [0.717, 1.165) is 11.1 Å². The number of hydrogen-bond acceptors (Lipinski definition) is 5. The smallest absolute Gasteiger partial charge is 0.343 e. The fourth-order valence-corrected chi connectivity index (χ4v) is 2.80. The van der Waals surface area contributed by atoms with E-state index in [9.17, 15) is 9.59 Å². The van der Waals surface area contributed by atoms with Gasteiger partial charge in [-0.1, -0.05) is 35.4 Å². The standard InChI is InChI=1S/C24H21ClN2O4/c1-16-5-3-6-19(13-16)24(29)31-21-11-9-18(10-12-21)15-26-27-23(28)17(2)30-22-8-4-7-20(25)14-22/h3-15,17H,1-2H3,(H,27,28)/b26-15-/t17-/m1/s1. The molecule has 1 atom stereocenters. The number of amides is 1. The summed E-state index contributed by atoms with van der Waals surface area (Å²) in [5.74, 6) is 0.0807. The van der Waals surface area contributed by atoms with Crippen LogP contribution in [0.4, 0.5) is 0 Å². The van der Waals surface area contributed by atoms with E-state index < -0.39 is 18.0 Å². The van der Waals surface area contributed by atoms with Gasteiger partial charge < -0.3 is 9.47 Å². The van der Waals surface area contributed by atoms with Crippen molar-refractivity contribution >= 4 is 29.7 Å². The first-order valence-corrected chi connectivity index (χ1v) is 9.92. The Morgan fingerprint density at radius 2 is 1.74 bits per heavy atom. The summed E-state index contributed by atoms with van der Waals surface area (Å²) in [6.07, 6.45) is 0.731. The summed E-state index contributed by atoms with van der Waals surface area (Å²) in [5, 5.41) is 4.46. The monoisotopic (exact) mass is 436 g/mol. The third kappa shape index (κ3) is 6.69. The lowest BCUT2D eigenvalue weighted by Crippen LogP contribution is -2.33. The van der Waals surface area contributed by atoms with Crippen molar-refractivity contribution in [3.8, 4) is 11.5 Å². The van der Waals surface area contributed by atoms with Crippen LogP contribution < -0.4 is 14.9 Å². The molecule has 0 unspecified atom stereocenters. The number of esters is 1. The van der Waals surface area contributed by atoms with Crippen molar-refractivity contribution in [3.05, 3.63) is 94.5 Å². The third-order valence-electron chi connectivity index (χ3n) is 4.21. The van der Waals surface area contributed by atoms with Crippen LogP contribution in [0.1, 0.15) is 28.4 Å². The molecule has 31 heavy (non-hydrogen) atoms. The molecule has 3 aromatic carbocycles. The first-order valence-electron chi connectivity index (χ1n) is 9.55. The fourth-order valence-electron chi connectivity index (χ4n) is 2.62. The van der Waals surface area contributed by atoms with Crippen LogP contribution in [0.5, 0.6) is 11.5 Å². The lowest BCUT2D eigenvalue weighted by atomic mass is 10.1. The molecule has 0 aliphatic carbocycles. The van der Waals surface area contributed by atoms with E-state index in [1.54, 1.807) is 73.7 Å². The van der Waals surface area contributed by atoms with Gasteiger partial charge in [0, 0.05) is 5.02 Å². The number of nitrogens with one attached hydrogen (secondary N) is 1. The lowest BCUT2D eigenvalue weighted by molar-refractivity contribution is -0.127. The average molecular weight is 437 g/mol. The molecule has 1 N–H and O–H groups in total. The summed E-state index contributed by atoms with van der Waals surface area (Å²) < 4.78 is 10.9. The predicted octanol–water partition coefficient (Wildman–Crippen LogP) is 4.79. The normalized spacial score (nSPS) is 11.7. The molecule has 0 aliphatic rings. The van der Waals surface area contributed by atoms with Crippen LogP contribution >= 0.6 is 11.6 Å². The molecule has 0 aliphatic heterocycles. The molecule has 0 aromatic heterocycles. The number of carbonyl (C=O) groups excluding carboxylic acids is 2. The van der Waals surface area contributed by atoms with Crippen LogP contribution in [0, 0.1) is 6.92 Å². The highest BCUT2D eigenvalue weighted by molar-refractivity contribution is 6.30. The van der Waals surface area contributed by atoms with Gasteiger partial charge >= 0.3 is 5.97 Å². The molecular formula is C24H21ClN2O4. The van der Waals surface area contributed by atoms with Crippen molar-refractivity contribution in [1.29, 1.82) is 0 Å². The first-order chi connectivity index (χ1) is 14.9. The minimum absolute atomic E-state index is 0.403. The molecule has 0 heterocycles. The predicted molar refractivity (Wildman–Crippen MR) is 120 cm³/mol. The van der Waals surface area contributed by atoms with E-state index in [1.165, 1.54) is 6.21 Å². The maximum atomic E-state index is 12.2. The number of hydrazone groups is 1. The second-order valence-corrected chi connectivity index (χ2v) is 7.22. The van der Waals surface area contributed by atoms with Crippen molar-refractivity contribution in [2.75, 3.05) is 0 Å². The zero-order valence-corrected chi connectivity index (χ0v) is 17.8. The summed E-state index contributed by atoms with van der Waals surface area (Å²) in [5.41, 5.74) is 4.62. The number of carbonyl (C=O) groups is 2. The highest BCUT2D eigenvalue weighted by Gasteiger charge is 2.14. The van der Waals surface area contributed by atoms with Gasteiger partial charge in [-0.25, -0.2) is 10.2 Å². The molecule has 0 radical (unpaired) electrons. The molecule has 0 saturated heterocycles. The Labute approximate surface area is 185 Å². The number of halogens is 1. The highest BCUT2D eigenvalue weighted by Crippen LogP contribution is 2.18. The van der Waals surface area contributed by atoms with Gasteiger partial charge in [0.05, 0.1) is 11.8 Å². The maximum Gasteiger partial charge on any atom is 0.343 e. The van der Waals surface area contributed by atoms with E-state index in [0.29, 0.717) is 22.1 Å². The lowest BCUT2D eigenvalue weighted by Gasteiger charge is -2.12. The Bertz CT molecular complexity index is 1100. The quantitative estimate of drug-likeness (QED) is 0.250. The SMILES string of the molecule is Cc1cccc(C(=O)Oc2ccc(/C=N\NC(=O)[C@@H](C)Oc3cccc(Cl)c3)cc2)c1. The summed E-state index contributed by atoms with van der Waals surface area (Å²) in [4.78, 5) is 24.3. The van der Waals surface area contributed by atoms with Gasteiger partial charge in [-0.2, -0.15) is 5.10 Å². The van der Waals surface area contributed by atoms with E-state index in [2.05, 4.69) is 10.5 Å². The fraction of sp³-hybridized carbons (Fsp3) is 0.125. The van der Waals surface area contributed by atoms with Crippen LogP contribution in [-0.4, -0.2) is 24.2 Å². The van der Waals surface area contributed by atoms with Crippen molar-refractivity contribution in [1.82, 2.24) is 5.43 Å². The molecule has 7 heteroatoms. The van der Waals surface area contributed by atoms with Crippen LogP contribution in [0.15, 0.2) is 77.9 Å². The van der Waals surface area contributed by atoms with Crippen LogP contribution in [0.3, 0.4) is 0 Å². The molecule has 6 nitrogen and oxygen atoms in total. The van der Waals surface area contributed by atoms with Gasteiger partial charge in [0.25, 0.3) is 5.91 Å². The summed E-state index contributed by atoms with van der Waals surface area (Å²) in [6, 6.07) is 20.7. The summed E-state index contributed by atoms with van der Waals surface area (Å²) >= 11 is 5.90. The van der Waals surface area contributed by atoms with Gasteiger partial charge in [0.15, 0.2) is 6.10 Å². The topological polar surface area (TPSA) is 77.0 Å². The molecule has 0 spiro atoms. The van der Waals surface area contributed by atoms with Gasteiger partial charge in [0.2, 0.25) is 0 Å². The zero-order valence-electron chi connectivity index (χ0n) is 17.0. The number of aryl methyl sites for hydroxylation is 1. The largest absolute Gasteiger partial charge is 0.481 e. The molecular weight excluding hydrogens is 416 g/mol. The van der Waals surface area contributed by atoms with Crippen molar-refractivity contribution < 1.29 is 19.1 Å². The van der Waals surface area contributed by atoms with E-state index in [4.69, 9.17) is 21.1 Å². The zero-order chi connectivity index (χ0) is 22.2. The minimum Gasteiger partial charge on any atom is -0.481 e. The molecule has 158 valence electrons. The van der Waals surface area contributed by atoms with Crippen LogP contribution in [0.25, 0.3) is 0 Å². The van der Waals surface area contributed by atoms with Gasteiger partial charge in [0.1, 0.15) is 11.5 Å². The van der Waals surface area contributed by atoms with E-state index in [1.807, 2.05) is 13.0 Å². The highest BCUT2D eigenvalue weighted by atomic mass is 35.5. The third-order valence-corrected chi connectivity index (χ3v) is 4.45. The van der Waals surface area contributed by atoms with Gasteiger partial charge in [-0.05, 0) is 74.0 Å². The Morgan fingerprint density at radius 1 is 1.00 bits per heavy atom. The van der Waals surface area contributed by atoms with Crippen molar-refractivity contribution in [2.24, 2.45) is 5.10 Å². The van der Waals surface area contributed by atoms with Crippen molar-refractivity contribution in [3.63, 3.8) is 0 Å². The average Bonchev–Trinajstić information content (AvgIpc) is 2.75. The number of rotatable bonds is 7. The molecule has 1 amide bonds. The number of nitrogens with zero attached hydrogens (tertiary/aromatic N) is 1. The Morgan fingerprint density at radius 3 is 2.45 bits per heavy atom. The summed E-state index contributed by atoms with van der Waals surface area (Å²) in [7, 11) is 0. The molecule has 0 bridgehead atoms. The summed E-state index contributed by atoms with van der Waals surface area (Å²) in [6.45, 7) is 3.52. The van der Waals surface area contributed by atoms with E-state index >= 15 is 0 Å². The molecule has 3 rings (SSSR count). The second kappa shape index (κ2) is 10.4. The number of hydrogen-bond donors (Lipinski definition) is 1. The van der Waals surface area contributed by atoms with Crippen LogP contribution in [-0.2, 0) is 4.79 Å². The second-order valence-electron chi connectivity index (χ2n) is 6.78.